The Kier molecular flexibility index (Phi) is 4.71. The normalized spacial score (nSPS) is 19.3. The highest BCUT2D eigenvalue weighted by molar-refractivity contribution is 5.81. The van der Waals surface area contributed by atoms with E-state index < -0.39 is 6.10 Å². The standard InChI is InChI=1S/C21H25NO3/c1-14-9-5-7-11-18(14)24-15(2)20(23)22-17-13-21(3,4)25-19-12-8-6-10-16(17)19/h5-12,15,17H,13H2,1-4H3,(H,22,23)/t15-,17+/m1/s1. The third-order valence-corrected chi connectivity index (χ3v) is 4.46. The SMILES string of the molecule is Cc1ccccc1O[C@H](C)C(=O)N[C@H]1CC(C)(C)Oc2ccccc21. The Hall–Kier alpha value is -2.49. The molecule has 1 aliphatic rings. The van der Waals surface area contributed by atoms with E-state index >= 15 is 0 Å². The highest BCUT2D eigenvalue weighted by Gasteiger charge is 2.35. The number of hydrogen-bond donors (Lipinski definition) is 1. The van der Waals surface area contributed by atoms with Gasteiger partial charge in [-0.3, -0.25) is 4.79 Å². The van der Waals surface area contributed by atoms with Gasteiger partial charge in [-0.1, -0.05) is 36.4 Å². The average molecular weight is 339 g/mol. The smallest absolute Gasteiger partial charge is 0.261 e. The highest BCUT2D eigenvalue weighted by atomic mass is 16.5. The van der Waals surface area contributed by atoms with E-state index in [0.717, 1.165) is 22.6 Å². The zero-order chi connectivity index (χ0) is 18.0. The molecule has 25 heavy (non-hydrogen) atoms. The molecular formula is C21H25NO3. The largest absolute Gasteiger partial charge is 0.487 e. The molecule has 0 aromatic heterocycles. The average Bonchev–Trinajstić information content (AvgIpc) is 2.55. The molecule has 0 fully saturated rings. The molecule has 0 spiro atoms. The predicted molar refractivity (Wildman–Crippen MR) is 97.9 cm³/mol. The number of carbonyl (C=O) groups excluding carboxylic acids is 1. The Balaban J connectivity index is 1.73. The van der Waals surface area contributed by atoms with Gasteiger partial charge in [0.05, 0.1) is 6.04 Å². The van der Waals surface area contributed by atoms with Crippen molar-refractivity contribution in [3.8, 4) is 11.5 Å². The van der Waals surface area contributed by atoms with Crippen molar-refractivity contribution in [1.29, 1.82) is 0 Å². The first-order valence-electron chi connectivity index (χ1n) is 8.66. The Morgan fingerprint density at radius 2 is 1.88 bits per heavy atom. The molecule has 3 rings (SSSR count). The van der Waals surface area contributed by atoms with Crippen LogP contribution in [0.1, 0.15) is 44.4 Å². The van der Waals surface area contributed by atoms with E-state index in [2.05, 4.69) is 5.32 Å². The van der Waals surface area contributed by atoms with Crippen LogP contribution >= 0.6 is 0 Å². The molecule has 1 N–H and O–H groups in total. The van der Waals surface area contributed by atoms with Gasteiger partial charge in [0, 0.05) is 12.0 Å². The fourth-order valence-electron chi connectivity index (χ4n) is 3.15. The zero-order valence-electron chi connectivity index (χ0n) is 15.2. The van der Waals surface area contributed by atoms with Crippen molar-refractivity contribution in [3.63, 3.8) is 0 Å². The first-order valence-corrected chi connectivity index (χ1v) is 8.66. The van der Waals surface area contributed by atoms with Crippen LogP contribution in [0.4, 0.5) is 0 Å². The fraction of sp³-hybridized carbons (Fsp3) is 0.381. The predicted octanol–water partition coefficient (Wildman–Crippen LogP) is 4.18. The molecule has 4 nitrogen and oxygen atoms in total. The van der Waals surface area contributed by atoms with Crippen molar-refractivity contribution in [2.75, 3.05) is 0 Å². The summed E-state index contributed by atoms with van der Waals surface area (Å²) in [5, 5.41) is 3.13. The van der Waals surface area contributed by atoms with Gasteiger partial charge in [0.25, 0.3) is 5.91 Å². The summed E-state index contributed by atoms with van der Waals surface area (Å²) >= 11 is 0. The van der Waals surface area contributed by atoms with Crippen LogP contribution in [0.5, 0.6) is 11.5 Å². The fourth-order valence-corrected chi connectivity index (χ4v) is 3.15. The molecule has 0 bridgehead atoms. The van der Waals surface area contributed by atoms with E-state index in [9.17, 15) is 4.79 Å². The van der Waals surface area contributed by atoms with Gasteiger partial charge < -0.3 is 14.8 Å². The van der Waals surface area contributed by atoms with Crippen molar-refractivity contribution >= 4 is 5.91 Å². The lowest BCUT2D eigenvalue weighted by molar-refractivity contribution is -0.128. The summed E-state index contributed by atoms with van der Waals surface area (Å²) in [6.07, 6.45) is 0.145. The minimum atomic E-state index is -0.570. The summed E-state index contributed by atoms with van der Waals surface area (Å²) in [5.41, 5.74) is 1.70. The van der Waals surface area contributed by atoms with E-state index in [0.29, 0.717) is 6.42 Å². The minimum Gasteiger partial charge on any atom is -0.487 e. The monoisotopic (exact) mass is 339 g/mol. The van der Waals surface area contributed by atoms with Crippen molar-refractivity contribution < 1.29 is 14.3 Å². The maximum absolute atomic E-state index is 12.7. The highest BCUT2D eigenvalue weighted by Crippen LogP contribution is 2.39. The molecule has 0 aliphatic carbocycles. The first kappa shape index (κ1) is 17.3. The van der Waals surface area contributed by atoms with Crippen LogP contribution in [-0.2, 0) is 4.79 Å². The summed E-state index contributed by atoms with van der Waals surface area (Å²) in [4.78, 5) is 12.7. The van der Waals surface area contributed by atoms with Crippen molar-refractivity contribution in [3.05, 3.63) is 59.7 Å². The van der Waals surface area contributed by atoms with Gasteiger partial charge in [-0.25, -0.2) is 0 Å². The number of benzene rings is 2. The molecule has 0 radical (unpaired) electrons. The van der Waals surface area contributed by atoms with E-state index in [-0.39, 0.29) is 17.6 Å². The molecule has 1 aliphatic heterocycles. The lowest BCUT2D eigenvalue weighted by atomic mass is 9.89. The Morgan fingerprint density at radius 1 is 1.20 bits per heavy atom. The van der Waals surface area contributed by atoms with Crippen LogP contribution in [0, 0.1) is 6.92 Å². The van der Waals surface area contributed by atoms with E-state index in [4.69, 9.17) is 9.47 Å². The first-order chi connectivity index (χ1) is 11.9. The number of rotatable bonds is 4. The second-order valence-electron chi connectivity index (χ2n) is 7.19. The number of para-hydroxylation sites is 2. The van der Waals surface area contributed by atoms with Gasteiger partial charge in [-0.05, 0) is 45.4 Å². The molecule has 1 amide bonds. The Morgan fingerprint density at radius 3 is 2.64 bits per heavy atom. The molecule has 2 aromatic rings. The van der Waals surface area contributed by atoms with Crippen LogP contribution in [-0.4, -0.2) is 17.6 Å². The molecule has 0 saturated carbocycles. The second kappa shape index (κ2) is 6.79. The third-order valence-electron chi connectivity index (χ3n) is 4.46. The van der Waals surface area contributed by atoms with Gasteiger partial charge in [-0.15, -0.1) is 0 Å². The summed E-state index contributed by atoms with van der Waals surface area (Å²) in [6.45, 7) is 7.82. The van der Waals surface area contributed by atoms with Crippen molar-refractivity contribution in [2.45, 2.75) is 51.9 Å². The van der Waals surface area contributed by atoms with Crippen molar-refractivity contribution in [1.82, 2.24) is 5.32 Å². The Bertz CT molecular complexity index is 769. The number of hydrogen-bond acceptors (Lipinski definition) is 3. The summed E-state index contributed by atoms with van der Waals surface area (Å²) in [7, 11) is 0. The van der Waals surface area contributed by atoms with Crippen LogP contribution in [0.15, 0.2) is 48.5 Å². The topological polar surface area (TPSA) is 47.6 Å². The molecular weight excluding hydrogens is 314 g/mol. The molecule has 0 saturated heterocycles. The number of ether oxygens (including phenoxy) is 2. The lowest BCUT2D eigenvalue weighted by Crippen LogP contribution is -2.44. The summed E-state index contributed by atoms with van der Waals surface area (Å²) in [6, 6.07) is 15.5. The summed E-state index contributed by atoms with van der Waals surface area (Å²) < 4.78 is 11.9. The van der Waals surface area contributed by atoms with Crippen LogP contribution in [0.2, 0.25) is 0 Å². The third kappa shape index (κ3) is 3.95. The molecule has 4 heteroatoms. The maximum atomic E-state index is 12.7. The summed E-state index contributed by atoms with van der Waals surface area (Å²) in [5.74, 6) is 1.44. The number of carbonyl (C=O) groups is 1. The van der Waals surface area contributed by atoms with Gasteiger partial charge in [0.2, 0.25) is 0 Å². The van der Waals surface area contributed by atoms with Gasteiger partial charge in [-0.2, -0.15) is 0 Å². The molecule has 132 valence electrons. The van der Waals surface area contributed by atoms with Gasteiger partial charge >= 0.3 is 0 Å². The number of nitrogens with one attached hydrogen (secondary N) is 1. The molecule has 0 unspecified atom stereocenters. The maximum Gasteiger partial charge on any atom is 0.261 e. The number of aryl methyl sites for hydroxylation is 1. The molecule has 2 atom stereocenters. The number of fused-ring (bicyclic) bond motifs is 1. The van der Waals surface area contributed by atoms with Crippen LogP contribution in [0.25, 0.3) is 0 Å². The number of amides is 1. The van der Waals surface area contributed by atoms with E-state index in [1.165, 1.54) is 0 Å². The molecule has 1 heterocycles. The minimum absolute atomic E-state index is 0.0876. The van der Waals surface area contributed by atoms with E-state index in [1.807, 2.05) is 69.3 Å². The lowest BCUT2D eigenvalue weighted by Gasteiger charge is -2.38. The quantitative estimate of drug-likeness (QED) is 0.909. The zero-order valence-corrected chi connectivity index (χ0v) is 15.2. The Labute approximate surface area is 149 Å². The van der Waals surface area contributed by atoms with Crippen LogP contribution < -0.4 is 14.8 Å². The second-order valence-corrected chi connectivity index (χ2v) is 7.19. The van der Waals surface area contributed by atoms with Crippen molar-refractivity contribution in [2.24, 2.45) is 0 Å². The van der Waals surface area contributed by atoms with Crippen LogP contribution in [0.3, 0.4) is 0 Å². The van der Waals surface area contributed by atoms with Gasteiger partial charge in [0.1, 0.15) is 17.1 Å². The van der Waals surface area contributed by atoms with E-state index in [1.54, 1.807) is 6.92 Å². The van der Waals surface area contributed by atoms with Gasteiger partial charge in [0.15, 0.2) is 6.10 Å². The molecule has 2 aromatic carbocycles.